The first-order valence-electron chi connectivity index (χ1n) is 42.9. The number of aryl methyl sites for hydroxylation is 2. The zero-order valence-electron chi connectivity index (χ0n) is 77.6. The van der Waals surface area contributed by atoms with E-state index in [-0.39, 0.29) is 50.7 Å². The third-order valence-corrected chi connectivity index (χ3v) is 24.3. The van der Waals surface area contributed by atoms with E-state index in [1.807, 2.05) is 45.3 Å². The van der Waals surface area contributed by atoms with Crippen LogP contribution in [0.2, 0.25) is 0 Å². The molecule has 14 nitrogen and oxygen atoms in total. The van der Waals surface area contributed by atoms with Crippen LogP contribution in [0.1, 0.15) is 205 Å². The quantitative estimate of drug-likeness (QED) is 0.0285. The first kappa shape index (κ1) is 104. The van der Waals surface area contributed by atoms with Gasteiger partial charge in [-0.15, -0.1) is 0 Å². The topological polar surface area (TPSA) is 124 Å². The number of nitrogens with zero attached hydrogens (tertiary/aromatic N) is 6. The number of allylic oxidation sites excluding steroid dienone is 13. The standard InChI is InChI=1S/C49H65N3O4.C39H51ClN2O3.C10H15NO.2F6P/c1-34-14-20-41-39(32-34)48(5,6)43(51(41)28-12-30-53-9)22-17-35-15-16-36(45(35)56-46(47(2,3)4)37-24-26-50-27-25-37)18-23-44-49(7,8)40-33-38(55-11)19-21-42(40)52(44)29-13-31-54-10;1-27-11-17-33-31(25-27)38(2,3)35(41(33)21-9-23-43-6)19-14-28-12-13-29(37(28)40)15-20-36-39(4,5)32-26-30(45-8)16-18-34(32)42(36)22-10-24-44-7;1-10(2,3)9(12)8-4-6-11-7-5-8;2*1-7(2,3,4,5)6/h14,17-27,32-33,44,46H,12-13,15-16,28-31H2,1-11H3;11,14-20,25-26,36H,9-10,12-13,21-24H2,1-8H3;4-7,9,12H,1-3H3;;/q;;;2*-1/b23-18+,35-17+,43-22+;20-15+,28-14+,35-19+;;;. The summed E-state index contributed by atoms with van der Waals surface area (Å²) in [6.07, 6.45) is 32.8. The van der Waals surface area contributed by atoms with Crippen molar-refractivity contribution in [3.63, 3.8) is 0 Å². The number of hydrogen-bond donors (Lipinski definition) is 1. The molecule has 4 aliphatic heterocycles. The molecule has 4 aromatic carbocycles. The average Bonchev–Trinajstić information content (AvgIpc) is 1.61. The molecule has 1 N–H and O–H groups in total. The molecule has 0 fully saturated rings. The number of methoxy groups -OCH3 is 6. The van der Waals surface area contributed by atoms with E-state index in [0.29, 0.717) is 0 Å². The van der Waals surface area contributed by atoms with Crippen molar-refractivity contribution < 1.29 is 88.6 Å². The van der Waals surface area contributed by atoms with Crippen molar-refractivity contribution in [1.29, 1.82) is 0 Å². The van der Waals surface area contributed by atoms with Crippen LogP contribution in [-0.2, 0) is 45.3 Å². The molecule has 6 aromatic rings. The van der Waals surface area contributed by atoms with E-state index in [9.17, 15) is 55.5 Å². The number of anilines is 4. The van der Waals surface area contributed by atoms with Crippen LogP contribution in [0.4, 0.5) is 73.1 Å². The van der Waals surface area contributed by atoms with Gasteiger partial charge in [0.05, 0.1) is 32.4 Å². The Hall–Kier alpha value is -8.19. The van der Waals surface area contributed by atoms with E-state index in [0.717, 1.165) is 137 Å². The normalized spacial score (nSPS) is 20.8. The minimum atomic E-state index is -10.7. The molecule has 2 aliphatic carbocycles. The molecule has 4 atom stereocenters. The summed E-state index contributed by atoms with van der Waals surface area (Å²) in [5.74, 6) is 2.78. The van der Waals surface area contributed by atoms with Gasteiger partial charge in [0.2, 0.25) is 0 Å². The fourth-order valence-electron chi connectivity index (χ4n) is 17.4. The van der Waals surface area contributed by atoms with Crippen molar-refractivity contribution in [2.75, 3.05) is 115 Å². The van der Waals surface area contributed by atoms with Gasteiger partial charge in [0.1, 0.15) is 23.4 Å². The second kappa shape index (κ2) is 39.9. The Morgan fingerprint density at radius 2 is 0.803 bits per heavy atom. The van der Waals surface area contributed by atoms with E-state index in [4.69, 9.17) is 44.8 Å². The maximum absolute atomic E-state index is 10.7. The van der Waals surface area contributed by atoms with Gasteiger partial charge in [-0.25, -0.2) is 0 Å². The van der Waals surface area contributed by atoms with Gasteiger partial charge >= 0.3 is 66.0 Å². The number of aromatic nitrogens is 2. The Labute approximate surface area is 749 Å². The van der Waals surface area contributed by atoms with Crippen LogP contribution in [0.15, 0.2) is 215 Å². The fourth-order valence-corrected chi connectivity index (χ4v) is 17.7. The molecule has 6 heterocycles. The molecule has 4 unspecified atom stereocenters. The maximum atomic E-state index is 9.87. The van der Waals surface area contributed by atoms with Gasteiger partial charge in [0.25, 0.3) is 0 Å². The molecule has 0 amide bonds. The van der Waals surface area contributed by atoms with Gasteiger partial charge in [0, 0.05) is 172 Å². The zero-order valence-corrected chi connectivity index (χ0v) is 80.1. The van der Waals surface area contributed by atoms with E-state index < -0.39 is 21.7 Å². The molecule has 2 aromatic heterocycles. The molecule has 0 saturated heterocycles. The molecule has 127 heavy (non-hydrogen) atoms. The number of halogens is 13. The summed E-state index contributed by atoms with van der Waals surface area (Å²) in [7, 11) is -10.7. The number of aliphatic hydroxyl groups is 1. The van der Waals surface area contributed by atoms with Crippen molar-refractivity contribution in [2.24, 2.45) is 10.8 Å². The predicted molar refractivity (Wildman–Crippen MR) is 496 cm³/mol. The Balaban J connectivity index is 0.000000247. The van der Waals surface area contributed by atoms with Crippen LogP contribution in [0.3, 0.4) is 0 Å². The molecule has 6 aliphatic rings. The van der Waals surface area contributed by atoms with E-state index in [1.165, 1.54) is 89.8 Å². The van der Waals surface area contributed by atoms with Crippen LogP contribution < -0.4 is 29.1 Å². The monoisotopic (exact) mass is 1840 g/mol. The van der Waals surface area contributed by atoms with E-state index in [1.54, 1.807) is 55.1 Å². The van der Waals surface area contributed by atoms with Crippen molar-refractivity contribution in [3.8, 4) is 11.5 Å². The molecule has 0 spiro atoms. The molecule has 0 radical (unpaired) electrons. The molecule has 0 saturated carbocycles. The summed E-state index contributed by atoms with van der Waals surface area (Å²) in [6.45, 7) is 42.5. The van der Waals surface area contributed by atoms with Crippen LogP contribution in [0.25, 0.3) is 0 Å². The second-order valence-electron chi connectivity index (χ2n) is 37.5. The Kier molecular flexibility index (Phi) is 32.7. The molecular weight excluding hydrogens is 1710 g/mol. The molecule has 704 valence electrons. The third kappa shape index (κ3) is 28.9. The van der Waals surface area contributed by atoms with Crippen LogP contribution in [-0.4, -0.2) is 122 Å². The SMILES string of the molecule is CC(C)(C)C(O)c1ccncc1.COCCCN1/C(=C/C=C2\CCC(/C=C/C3N(CCCOC)c4ccc(OC)cc4C3(C)C)=C2Cl)C(C)(C)c2cc(C)ccc21.COCCCN1/C(=C/C=C2\CCC(/C=C/C3N(CCCOC)c4ccc(OC)cc4C3(C)C)=C2OC(c2ccncc2)C(C)(C)C)C(C)(C)c2cc(C)ccc21.F[P-](F)(F)(F)(F)F.F[P-](F)(F)(F)(F)F. The first-order valence-corrected chi connectivity index (χ1v) is 47.3. The van der Waals surface area contributed by atoms with Crippen LogP contribution >= 0.6 is 27.2 Å². The Morgan fingerprint density at radius 1 is 0.449 bits per heavy atom. The minimum absolute atomic E-state index is 0.0874. The summed E-state index contributed by atoms with van der Waals surface area (Å²) < 4.78 is 159. The van der Waals surface area contributed by atoms with Gasteiger partial charge in [-0.2, -0.15) is 0 Å². The summed E-state index contributed by atoms with van der Waals surface area (Å²) in [6, 6.07) is 34.9. The number of benzene rings is 4. The fraction of sp³-hybridized carbons (Fsp3) is 0.490. The summed E-state index contributed by atoms with van der Waals surface area (Å²) in [5.41, 5.74) is 21.9. The van der Waals surface area contributed by atoms with Crippen molar-refractivity contribution in [1.82, 2.24) is 9.97 Å². The van der Waals surface area contributed by atoms with E-state index >= 15 is 0 Å². The van der Waals surface area contributed by atoms with E-state index in [2.05, 4.69) is 253 Å². The molecule has 29 heteroatoms. The second-order valence-corrected chi connectivity index (χ2v) is 41.7. The number of ether oxygens (including phenoxy) is 7. The zero-order chi connectivity index (χ0) is 94.6. The van der Waals surface area contributed by atoms with Crippen molar-refractivity contribution >= 4 is 50.0 Å². The number of hydrogen-bond acceptors (Lipinski definition) is 14. The number of aliphatic hydroxyl groups excluding tert-OH is 1. The summed E-state index contributed by atoms with van der Waals surface area (Å²) >= 11 is 7.13. The van der Waals surface area contributed by atoms with Gasteiger partial charge in [0.15, 0.2) is 0 Å². The van der Waals surface area contributed by atoms with Gasteiger partial charge in [-0.05, 0) is 211 Å². The van der Waals surface area contributed by atoms with Gasteiger partial charge in [-0.3, -0.25) is 9.97 Å². The van der Waals surface area contributed by atoms with Gasteiger partial charge in [-0.1, -0.05) is 180 Å². The van der Waals surface area contributed by atoms with Crippen LogP contribution in [0, 0.1) is 24.7 Å². The van der Waals surface area contributed by atoms with Crippen molar-refractivity contribution in [3.05, 3.63) is 259 Å². The average molecular weight is 1850 g/mol. The summed E-state index contributed by atoms with van der Waals surface area (Å²) in [4.78, 5) is 18.3. The van der Waals surface area contributed by atoms with Crippen molar-refractivity contribution in [2.45, 2.75) is 208 Å². The third-order valence-electron chi connectivity index (χ3n) is 23.8. The summed E-state index contributed by atoms with van der Waals surface area (Å²) in [5, 5.41) is 10.7. The Bertz CT molecular complexity index is 5000. The number of fused-ring (bicyclic) bond motifs is 4. The van der Waals surface area contributed by atoms with Crippen LogP contribution in [0.5, 0.6) is 11.5 Å². The Morgan fingerprint density at radius 3 is 1.18 bits per heavy atom. The predicted octanol–water partition coefficient (Wildman–Crippen LogP) is 28.9. The molecule has 0 bridgehead atoms. The first-order chi connectivity index (χ1) is 58.7. The number of rotatable bonds is 28. The number of pyridine rings is 2. The molecular formula is C98H131ClF12N6O8P2-2. The van der Waals surface area contributed by atoms with Gasteiger partial charge < -0.3 is 57.9 Å². The molecule has 12 rings (SSSR count).